The van der Waals surface area contributed by atoms with Crippen molar-refractivity contribution in [3.63, 3.8) is 0 Å². The van der Waals surface area contributed by atoms with E-state index in [0.29, 0.717) is 46.9 Å². The van der Waals surface area contributed by atoms with Gasteiger partial charge in [0.15, 0.2) is 0 Å². The number of β-amino-alcohol motifs (C(OH)–C–C–N with tert-alkyl or cyclic N) is 7. The average Bonchev–Trinajstić information content (AvgIpc) is 1.62. The molecule has 7 saturated heterocycles. The quantitative estimate of drug-likeness (QED) is 0.0260. The normalized spacial score (nSPS) is 37.9. The highest BCUT2D eigenvalue weighted by Crippen LogP contribution is 2.34. The third-order valence-electron chi connectivity index (χ3n) is 14.4. The second kappa shape index (κ2) is 64.4. The van der Waals surface area contributed by atoms with Gasteiger partial charge in [-0.3, -0.25) is 0 Å². The summed E-state index contributed by atoms with van der Waals surface area (Å²) >= 11 is 2.36. The third kappa shape index (κ3) is 52.2. The Hall–Kier alpha value is -6.72. The largest absolute Gasteiger partial charge is 0.472 e. The van der Waals surface area contributed by atoms with Crippen LogP contribution in [0.3, 0.4) is 0 Å². The Morgan fingerprint density at radius 2 is 0.469 bits per heavy atom. The molecule has 840 valence electrons. The van der Waals surface area contributed by atoms with Crippen molar-refractivity contribution < 1.29 is 220 Å². The van der Waals surface area contributed by atoms with Crippen LogP contribution in [0.1, 0.15) is 263 Å². The predicted octanol–water partition coefficient (Wildman–Crippen LogP) is 3.52. The number of aliphatic hydroxyl groups is 7. The van der Waals surface area contributed by atoms with Gasteiger partial charge in [-0.1, -0.05) is 0 Å². The molecule has 14 rings (SSSR count). The van der Waals surface area contributed by atoms with Crippen molar-refractivity contribution in [3.8, 4) is 41.2 Å². The zero-order chi connectivity index (χ0) is 184. The van der Waals surface area contributed by atoms with Gasteiger partial charge in [0, 0.05) is 200 Å². The van der Waals surface area contributed by atoms with Gasteiger partial charge in [-0.25, -0.2) is 0 Å². The van der Waals surface area contributed by atoms with Crippen molar-refractivity contribution >= 4 is 123 Å². The number of nitrogens with one attached hydrogen (secondary N) is 7. The van der Waals surface area contributed by atoms with Crippen molar-refractivity contribution in [1.82, 2.24) is 98.4 Å². The second-order valence-corrected chi connectivity index (χ2v) is 36.9. The molecule has 0 aromatic carbocycles. The molecule has 0 aliphatic carbocycles. The van der Waals surface area contributed by atoms with Gasteiger partial charge in [-0.15, -0.1) is 30.6 Å². The minimum Gasteiger partial charge on any atom is -0.472 e. The summed E-state index contributed by atoms with van der Waals surface area (Å²) in [7, 11) is 0. The monoisotopic (exact) mass is 2300 g/mol. The summed E-state index contributed by atoms with van der Waals surface area (Å²) < 4.78 is 794. The molecule has 0 amide bonds. The van der Waals surface area contributed by atoms with Crippen LogP contribution in [-0.2, 0) is 33.2 Å². The molecule has 0 saturated carbocycles. The molecule has 0 radical (unpaired) electrons. The van der Waals surface area contributed by atoms with Crippen molar-refractivity contribution in [2.24, 2.45) is 0 Å². The molecule has 49 nitrogen and oxygen atoms in total. The van der Waals surface area contributed by atoms with E-state index in [1.165, 1.54) is 20.8 Å². The molecule has 0 unspecified atom stereocenters. The lowest BCUT2D eigenvalue weighted by molar-refractivity contribution is 0.0974. The maximum atomic E-state index is 10.5. The lowest BCUT2D eigenvalue weighted by atomic mass is 10.1. The van der Waals surface area contributed by atoms with Crippen molar-refractivity contribution in [2.45, 2.75) is 227 Å². The fourth-order valence-electron chi connectivity index (χ4n) is 8.10. The first-order chi connectivity index (χ1) is 102. The van der Waals surface area contributed by atoms with Crippen LogP contribution in [0.2, 0.25) is 0 Å². The van der Waals surface area contributed by atoms with Gasteiger partial charge in [-0.05, 0) is 145 Å². The van der Waals surface area contributed by atoms with E-state index in [1.807, 2.05) is 20.8 Å². The summed E-state index contributed by atoms with van der Waals surface area (Å²) in [5.41, 5.74) is -8.66. The molecule has 0 bridgehead atoms. The van der Waals surface area contributed by atoms with Crippen LogP contribution in [0, 0.1) is 0 Å². The number of aromatic nitrogens is 14. The number of nitrogens with zero attached hydrogens (tertiary/aromatic N) is 21. The summed E-state index contributed by atoms with van der Waals surface area (Å²) in [6, 6.07) is 0. The summed E-state index contributed by atoms with van der Waals surface area (Å²) in [5.74, 6) is -11.4. The molecule has 7 atom stereocenters. The van der Waals surface area contributed by atoms with E-state index in [1.54, 1.807) is 62.3 Å². The van der Waals surface area contributed by atoms with E-state index >= 15 is 0 Å². The molecule has 147 heavy (non-hydrogen) atoms. The smallest absolute Gasteiger partial charge is 0.270 e. The topological polar surface area (TPSA) is 558 Å². The predicted molar refractivity (Wildman–Crippen MR) is 575 cm³/mol. The third-order valence-corrected chi connectivity index (χ3v) is 17.9. The van der Waals surface area contributed by atoms with E-state index in [-0.39, 0.29) is 81.6 Å². The molecular formula is C91H168N28O21S7. The van der Waals surface area contributed by atoms with E-state index in [9.17, 15) is 35.7 Å². The van der Waals surface area contributed by atoms with Crippen LogP contribution >= 0.6 is 82.1 Å². The van der Waals surface area contributed by atoms with Crippen molar-refractivity contribution in [3.05, 3.63) is 0 Å². The maximum Gasteiger partial charge on any atom is 0.270 e. The molecule has 14 N–H and O–H groups in total. The van der Waals surface area contributed by atoms with Gasteiger partial charge in [0.05, 0.1) is 267 Å². The zero-order valence-electron chi connectivity index (χ0n) is 166. The standard InChI is InChI=1S/7C13H24N4O3S/c7*1-13(2,3)14-8-10(18)9-20-12-11(15-21-16-12)17-4-6-19-7-5-17/h7*10,14,18H,4-9H2,1-3H3/t7*10-/m0000000/s1/i4D2,5D2,6D2,7D2,8D2,9D2,10D;1D3,2D3,4D2,5D2,6D2,7D2,9D2;4D2,5D2,6D2,7D2,9D2,10D;4D2,5D2,6D2,7D2,8D2,10D;4D2,5D2,6D2,7D2,8D2,9D2;1D3,2D3,4D2,5D2,6D2,7D2;4D2,5D2,6D2,7D2,10D. The Balaban J connectivity index is 0.000000321. The first kappa shape index (κ1) is 50.0. The number of aliphatic hydroxyl groups excluding tert-OH is 3. The highest BCUT2D eigenvalue weighted by Gasteiger charge is 2.31. The molecule has 14 heterocycles. The van der Waals surface area contributed by atoms with Crippen LogP contribution in [0.25, 0.3) is 0 Å². The summed E-state index contributed by atoms with van der Waals surface area (Å²) in [4.78, 5) is -0.0199. The first-order valence-electron chi connectivity index (χ1n) is 84.2. The van der Waals surface area contributed by atoms with Gasteiger partial charge in [0.2, 0.25) is 40.7 Å². The molecule has 0 spiro atoms. The molecule has 56 heteroatoms. The Bertz CT molecular complexity index is 8680. The SMILES string of the molecule is [2H]C([2H])(NC(C)(C)C)[C@H](O)C([2H])([2H])Oc1nsnc1N1C([2H])([2H])C([2H])([2H])OC([2H])([2H])C1([2H])[2H].[2H]C([2H])(Oc1nsnc1N1C([2H])([2H])C([2H])([2H])OC([2H])([2H])C1([2H])[2H])[C@@H](O)CNC(C)(C([2H])([2H])[2H])C([2H])([2H])[2H].[2H]C([2H])([2H])C(C)(NC[C@H](O)COc1nsnc1N1C([2H])([2H])C([2H])([2H])OC([2H])([2H])C1([2H])[2H])C([2H])([2H])[2H].[2H]C1([2H])OC([2H])([2H])C([2H])([2H])N(c2nsnc2OC([2H])([2H])[C@@]([2H])(O)C([2H])([2H])NC(C)(C)C)C1([2H])[2H].[2H]C1([2H])OC([2H])([2H])C([2H])([2H])N(c2nsnc2OC([2H])([2H])[C@@]([2H])(O)CNC(C)(C)C)C1([2H])[2H].[2H]C1([2H])OC([2H])([2H])C([2H])([2H])N(c2nsnc2OC[C@@]([2H])(O)C([2H])([2H])NC(C)(C)C)C1([2H])[2H].[2H]C1([2H])OC([2H])([2H])C([2H])([2H])N(c2nsnc2OC[C@@]([2H])(O)CNC(C)(C)C)C1([2H])[2H]. The minimum absolute atomic E-state index is 0.0190. The summed E-state index contributed by atoms with van der Waals surface area (Å²) in [6.45, 7) is -106. The Labute approximate surface area is 1020 Å². The highest BCUT2D eigenvalue weighted by atomic mass is 32.1. The van der Waals surface area contributed by atoms with Crippen LogP contribution in [-0.4, -0.2) is 453 Å². The van der Waals surface area contributed by atoms with E-state index in [2.05, 4.69) is 132 Å². The lowest BCUT2D eigenvalue weighted by Crippen LogP contribution is -2.42. The molecule has 7 aromatic rings. The molecule has 7 aliphatic rings. The molecule has 7 aliphatic heterocycles. The lowest BCUT2D eigenvalue weighted by Gasteiger charge is -2.27. The first-order valence-corrected chi connectivity index (χ1v) is 46.3. The molecule has 7 fully saturated rings. The van der Waals surface area contributed by atoms with Crippen molar-refractivity contribution in [1.29, 1.82) is 0 Å². The van der Waals surface area contributed by atoms with Crippen LogP contribution < -0.4 is 105 Å². The van der Waals surface area contributed by atoms with Gasteiger partial charge in [0.25, 0.3) is 41.2 Å². The number of hydrogen-bond donors (Lipinski definition) is 14. The van der Waals surface area contributed by atoms with E-state index < -0.39 is 453 Å². The second-order valence-electron chi connectivity index (χ2n) is 33.2. The minimum atomic E-state index is -3.67. The Morgan fingerprint density at radius 3 is 0.741 bits per heavy atom. The number of morpholine rings is 7. The van der Waals surface area contributed by atoms with Gasteiger partial charge < -0.3 is 174 Å². The van der Waals surface area contributed by atoms with Crippen LogP contribution in [0.15, 0.2) is 0 Å². The van der Waals surface area contributed by atoms with Gasteiger partial charge >= 0.3 is 0 Å². The summed E-state index contributed by atoms with van der Waals surface area (Å²) in [5, 5.41) is 89.4. The van der Waals surface area contributed by atoms with E-state index in [0.717, 1.165) is 13.8 Å². The number of hydrogen-bond acceptors (Lipinski definition) is 56. The fourth-order valence-corrected chi connectivity index (χ4v) is 11.4. The van der Waals surface area contributed by atoms with Crippen LogP contribution in [0.5, 0.6) is 41.2 Å². The number of rotatable bonds is 42. The molecular weight excluding hydrogens is 2050 g/mol. The van der Waals surface area contributed by atoms with E-state index in [4.69, 9.17) is 151 Å². The Kier molecular flexibility index (Phi) is 21.9. The summed E-state index contributed by atoms with van der Waals surface area (Å²) in [6.07, 6.45) is -17.9. The Morgan fingerprint density at radius 1 is 0.259 bits per heavy atom. The van der Waals surface area contributed by atoms with Gasteiger partial charge in [0.1, 0.15) is 88.7 Å². The van der Waals surface area contributed by atoms with Crippen molar-refractivity contribution in [2.75, 3.05) is 309 Å². The zero-order valence-corrected chi connectivity index (χ0v) is 86.0. The number of ether oxygens (including phenoxy) is 14. The average molecular weight is 2300 g/mol. The van der Waals surface area contributed by atoms with Crippen LogP contribution in [0.4, 0.5) is 40.7 Å². The molecule has 7 aromatic heterocycles. The highest BCUT2D eigenvalue weighted by molar-refractivity contribution is 7.01. The maximum absolute atomic E-state index is 10.5. The van der Waals surface area contributed by atoms with Gasteiger partial charge in [-0.2, -0.15) is 30.6 Å². The number of anilines is 7. The fraction of sp³-hybridized carbons (Fsp3) is 0.846.